The van der Waals surface area contributed by atoms with Gasteiger partial charge in [-0.1, -0.05) is 0 Å². The highest BCUT2D eigenvalue weighted by Crippen LogP contribution is 2.13. The molecule has 0 aromatic rings. The Labute approximate surface area is 89.3 Å². The molecule has 3 nitrogen and oxygen atoms in total. The van der Waals surface area contributed by atoms with Gasteiger partial charge in [0.1, 0.15) is 0 Å². The van der Waals surface area contributed by atoms with E-state index in [1.54, 1.807) is 0 Å². The van der Waals surface area contributed by atoms with Gasteiger partial charge < -0.3 is 13.7 Å². The van der Waals surface area contributed by atoms with Crippen molar-refractivity contribution in [3.05, 3.63) is 0 Å². The number of ether oxygens (including phenoxy) is 2. The van der Waals surface area contributed by atoms with Gasteiger partial charge in [-0.05, 0) is 12.8 Å². The molecule has 1 heterocycles. The summed E-state index contributed by atoms with van der Waals surface area (Å²) in [6.45, 7) is 2.96. The van der Waals surface area contributed by atoms with Crippen molar-refractivity contribution in [1.29, 1.82) is 0 Å². The third-order valence-electron chi connectivity index (χ3n) is 1.68. The summed E-state index contributed by atoms with van der Waals surface area (Å²) in [5, 5.41) is 0. The molecular weight excluding hydrogens is 291 g/mol. The molecule has 0 bridgehead atoms. The van der Waals surface area contributed by atoms with Gasteiger partial charge in [0.15, 0.2) is 0 Å². The lowest BCUT2D eigenvalue weighted by molar-refractivity contribution is -0.0548. The molecule has 5 heteroatoms. The lowest BCUT2D eigenvalue weighted by Crippen LogP contribution is -2.26. The first-order valence-electron chi connectivity index (χ1n) is 4.03. The van der Waals surface area contributed by atoms with E-state index in [4.69, 9.17) is 13.7 Å². The summed E-state index contributed by atoms with van der Waals surface area (Å²) in [7, 11) is 1.35. The van der Waals surface area contributed by atoms with Crippen LogP contribution in [0.15, 0.2) is 0 Å². The Balaban J connectivity index is 1.91. The van der Waals surface area contributed by atoms with Crippen LogP contribution in [0.25, 0.3) is 0 Å². The Morgan fingerprint density at radius 3 is 3.08 bits per heavy atom. The normalized spacial score (nSPS) is 24.2. The lowest BCUT2D eigenvalue weighted by atomic mass is 10.2. The lowest BCUT2D eigenvalue weighted by Gasteiger charge is -2.21. The third kappa shape index (κ3) is 4.86. The van der Waals surface area contributed by atoms with Gasteiger partial charge in [-0.2, -0.15) is 0 Å². The van der Waals surface area contributed by atoms with Crippen LogP contribution in [0, 0.1) is 0 Å². The van der Waals surface area contributed by atoms with Gasteiger partial charge in [0, 0.05) is 27.8 Å². The molecule has 1 aliphatic rings. The van der Waals surface area contributed by atoms with E-state index in [2.05, 4.69) is 21.2 Å². The molecule has 1 atom stereocenters. The third-order valence-corrected chi connectivity index (χ3v) is 2.70. The first kappa shape index (κ1) is 11.0. The molecule has 1 fully saturated rings. The van der Waals surface area contributed by atoms with Crippen molar-refractivity contribution in [3.8, 4) is 0 Å². The highest BCUT2D eigenvalue weighted by molar-refractivity contribution is 14.2. The topological polar surface area (TPSA) is 27.7 Å². The van der Waals surface area contributed by atoms with Gasteiger partial charge in [-0.15, -0.1) is 0 Å². The van der Waals surface area contributed by atoms with E-state index < -0.39 is 0 Å². The molecule has 0 aromatic heterocycles. The largest absolute Gasteiger partial charge is 0.379 e. The van der Waals surface area contributed by atoms with Crippen molar-refractivity contribution in [3.63, 3.8) is 0 Å². The molecule has 1 rings (SSSR count). The van der Waals surface area contributed by atoms with Crippen molar-refractivity contribution in [1.82, 2.24) is 0 Å². The van der Waals surface area contributed by atoms with Gasteiger partial charge in [0.05, 0.1) is 35.1 Å². The fourth-order valence-corrected chi connectivity index (χ4v) is 1.79. The fraction of sp³-hybridized carbons (Fsp3) is 1.00. The van der Waals surface area contributed by atoms with E-state index in [0.29, 0.717) is 19.3 Å². The number of halogens is 1. The van der Waals surface area contributed by atoms with Crippen LogP contribution in [0.5, 0.6) is 0 Å². The fourth-order valence-electron chi connectivity index (χ4n) is 1.12. The summed E-state index contributed by atoms with van der Waals surface area (Å²) in [4.78, 5) is 0. The monoisotopic (exact) mass is 304 g/mol. The molecule has 0 saturated carbocycles. The Morgan fingerprint density at radius 2 is 2.42 bits per heavy atom. The van der Waals surface area contributed by atoms with Crippen LogP contribution in [-0.4, -0.2) is 32.5 Å². The van der Waals surface area contributed by atoms with Crippen LogP contribution in [0.2, 0.25) is 0 Å². The molecule has 1 unspecified atom stereocenters. The molecule has 1 saturated heterocycles. The van der Waals surface area contributed by atoms with E-state index >= 15 is 0 Å². The van der Waals surface area contributed by atoms with Crippen LogP contribution in [0.1, 0.15) is 12.8 Å². The number of rotatable bonds is 5. The zero-order valence-electron chi connectivity index (χ0n) is 6.83. The summed E-state index contributed by atoms with van der Waals surface area (Å²) in [5.74, 6) is 0. The highest BCUT2D eigenvalue weighted by Gasteiger charge is 2.13. The molecule has 0 aliphatic carbocycles. The van der Waals surface area contributed by atoms with E-state index in [1.807, 2.05) is 0 Å². The maximum Gasteiger partial charge on any atom is 0.0857 e. The summed E-state index contributed by atoms with van der Waals surface area (Å²) in [6, 6.07) is 0. The van der Waals surface area contributed by atoms with Crippen molar-refractivity contribution < 1.29 is 13.7 Å². The van der Waals surface area contributed by atoms with Gasteiger partial charge in [0.2, 0.25) is 0 Å². The molecular formula is C7H13IO3S. The molecule has 1 aliphatic heterocycles. The van der Waals surface area contributed by atoms with E-state index in [0.717, 1.165) is 26.1 Å². The maximum absolute atomic E-state index is 5.52. The molecule has 0 N–H and O–H groups in total. The highest BCUT2D eigenvalue weighted by atomic mass is 127. The van der Waals surface area contributed by atoms with E-state index in [9.17, 15) is 0 Å². The van der Waals surface area contributed by atoms with Crippen molar-refractivity contribution in [2.75, 3.05) is 26.4 Å². The molecule has 0 aromatic carbocycles. The number of hydrogen-bond acceptors (Lipinski definition) is 4. The summed E-state index contributed by atoms with van der Waals surface area (Å²) < 4.78 is 15.8. The number of hydrogen-bond donors (Lipinski definition) is 0. The SMILES string of the molecule is ISOCCOC1CCCOC1. The quantitative estimate of drug-likeness (QED) is 0.442. The van der Waals surface area contributed by atoms with Gasteiger partial charge in [-0.3, -0.25) is 0 Å². The maximum atomic E-state index is 5.52. The molecule has 0 spiro atoms. The summed E-state index contributed by atoms with van der Waals surface area (Å²) in [5.41, 5.74) is 0. The first-order valence-corrected chi connectivity index (χ1v) is 7.31. The van der Waals surface area contributed by atoms with Crippen LogP contribution in [0.4, 0.5) is 0 Å². The first-order chi connectivity index (χ1) is 5.93. The van der Waals surface area contributed by atoms with E-state index in [1.165, 1.54) is 9.21 Å². The summed E-state index contributed by atoms with van der Waals surface area (Å²) >= 11 is 2.10. The Morgan fingerprint density at radius 1 is 1.50 bits per heavy atom. The van der Waals surface area contributed by atoms with Crippen molar-refractivity contribution in [2.45, 2.75) is 18.9 Å². The predicted molar refractivity (Wildman–Crippen MR) is 57.4 cm³/mol. The van der Waals surface area contributed by atoms with Crippen molar-refractivity contribution in [2.24, 2.45) is 0 Å². The zero-order chi connectivity index (χ0) is 8.65. The van der Waals surface area contributed by atoms with Crippen LogP contribution >= 0.6 is 30.4 Å². The standard InChI is InChI=1S/C7H13IO3S/c8-12-11-5-4-10-7-2-1-3-9-6-7/h7H,1-6H2. The average Bonchev–Trinajstić information content (AvgIpc) is 2.14. The molecule has 0 amide bonds. The smallest absolute Gasteiger partial charge is 0.0857 e. The molecule has 72 valence electrons. The Hall–Kier alpha value is 0.960. The van der Waals surface area contributed by atoms with Gasteiger partial charge >= 0.3 is 0 Å². The van der Waals surface area contributed by atoms with Crippen LogP contribution < -0.4 is 0 Å². The second-order valence-electron chi connectivity index (χ2n) is 2.59. The second-order valence-corrected chi connectivity index (χ2v) is 4.04. The molecule has 12 heavy (non-hydrogen) atoms. The van der Waals surface area contributed by atoms with Gasteiger partial charge in [-0.25, -0.2) is 0 Å². The Bertz CT molecular complexity index is 109. The zero-order valence-corrected chi connectivity index (χ0v) is 9.80. The minimum atomic E-state index is 0.293. The van der Waals surface area contributed by atoms with Crippen molar-refractivity contribution >= 4 is 30.4 Å². The minimum absolute atomic E-state index is 0.293. The van der Waals surface area contributed by atoms with Gasteiger partial charge in [0.25, 0.3) is 0 Å². The van der Waals surface area contributed by atoms with E-state index in [-0.39, 0.29) is 0 Å². The Kier molecular flexibility index (Phi) is 6.78. The van der Waals surface area contributed by atoms with Crippen LogP contribution in [-0.2, 0) is 13.7 Å². The second kappa shape index (κ2) is 7.37. The summed E-state index contributed by atoms with van der Waals surface area (Å²) in [6.07, 6.45) is 2.53. The van der Waals surface area contributed by atoms with Crippen LogP contribution in [0.3, 0.4) is 0 Å². The minimum Gasteiger partial charge on any atom is -0.379 e. The average molecular weight is 304 g/mol. The predicted octanol–water partition coefficient (Wildman–Crippen LogP) is 2.20. The molecule has 0 radical (unpaired) electrons.